The monoisotopic (exact) mass is 160 g/mol. The highest BCUT2D eigenvalue weighted by molar-refractivity contribution is 6.12. The molecule has 5 heteroatoms. The van der Waals surface area contributed by atoms with Crippen molar-refractivity contribution in [2.75, 3.05) is 6.61 Å². The molecule has 5 nitrogen and oxygen atoms in total. The molecule has 0 aliphatic rings. The minimum absolute atomic E-state index is 0.165. The fraction of sp³-hybridized carbons (Fsp3) is 0.333. The first-order valence-electron chi connectivity index (χ1n) is 2.85. The number of rotatable bonds is 4. The first-order valence-corrected chi connectivity index (χ1v) is 2.85. The highest BCUT2D eigenvalue weighted by atomic mass is 17.2. The summed E-state index contributed by atoms with van der Waals surface area (Å²) in [5.41, 5.74) is -0.654. The van der Waals surface area contributed by atoms with Crippen molar-refractivity contribution in [3.63, 3.8) is 0 Å². The van der Waals surface area contributed by atoms with Crippen LogP contribution in [0, 0.1) is 0 Å². The molecule has 0 fully saturated rings. The largest absolute Gasteiger partial charge is 0.477 e. The summed E-state index contributed by atoms with van der Waals surface area (Å²) in [4.78, 5) is 28.8. The predicted octanol–water partition coefficient (Wildman–Crippen LogP) is 0.122. The first-order chi connectivity index (χ1) is 5.09. The lowest BCUT2D eigenvalue weighted by atomic mass is 10.3. The van der Waals surface area contributed by atoms with Crippen LogP contribution >= 0.6 is 0 Å². The molecule has 0 radical (unpaired) electrons. The predicted molar refractivity (Wildman–Crippen MR) is 34.5 cm³/mol. The van der Waals surface area contributed by atoms with Gasteiger partial charge in [-0.25, -0.2) is 9.59 Å². The molecule has 0 aromatic rings. The van der Waals surface area contributed by atoms with Crippen LogP contribution in [0.4, 0.5) is 0 Å². The number of hydrogen-bond donors (Lipinski definition) is 1. The van der Waals surface area contributed by atoms with E-state index in [9.17, 15) is 9.59 Å². The number of aliphatic carboxylic acids is 1. The van der Waals surface area contributed by atoms with Gasteiger partial charge >= 0.3 is 11.9 Å². The van der Waals surface area contributed by atoms with Crippen molar-refractivity contribution in [3.8, 4) is 0 Å². The molecule has 11 heavy (non-hydrogen) atoms. The number of carboxylic acids is 1. The van der Waals surface area contributed by atoms with Gasteiger partial charge < -0.3 is 5.11 Å². The summed E-state index contributed by atoms with van der Waals surface area (Å²) in [7, 11) is 0. The lowest BCUT2D eigenvalue weighted by Crippen LogP contribution is -2.14. The molecule has 0 bridgehead atoms. The van der Waals surface area contributed by atoms with E-state index in [0.29, 0.717) is 0 Å². The Balaban J connectivity index is 3.84. The zero-order valence-corrected chi connectivity index (χ0v) is 5.99. The molecule has 1 N–H and O–H groups in total. The van der Waals surface area contributed by atoms with Crippen LogP contribution in [-0.2, 0) is 19.4 Å². The van der Waals surface area contributed by atoms with Crippen molar-refractivity contribution in [1.29, 1.82) is 0 Å². The second-order valence-electron chi connectivity index (χ2n) is 1.56. The van der Waals surface area contributed by atoms with Gasteiger partial charge in [0.05, 0.1) is 6.61 Å². The molecular formula is C6H8O5. The third kappa shape index (κ3) is 3.36. The van der Waals surface area contributed by atoms with Crippen molar-refractivity contribution >= 4 is 11.9 Å². The van der Waals surface area contributed by atoms with Crippen molar-refractivity contribution in [2.24, 2.45) is 0 Å². The highest BCUT2D eigenvalue weighted by Crippen LogP contribution is 1.94. The Hall–Kier alpha value is -1.36. The molecule has 62 valence electrons. The molecule has 0 amide bonds. The Labute approximate surface area is 63.1 Å². The van der Waals surface area contributed by atoms with E-state index in [1.807, 2.05) is 0 Å². The summed E-state index contributed by atoms with van der Waals surface area (Å²) in [6.45, 7) is 4.71. The van der Waals surface area contributed by atoms with E-state index in [1.165, 1.54) is 0 Å². The van der Waals surface area contributed by atoms with E-state index in [1.54, 1.807) is 6.92 Å². The van der Waals surface area contributed by atoms with E-state index in [0.717, 1.165) is 0 Å². The number of carbonyl (C=O) groups excluding carboxylic acids is 1. The van der Waals surface area contributed by atoms with Crippen LogP contribution in [0.15, 0.2) is 12.2 Å². The minimum Gasteiger partial charge on any atom is -0.477 e. The smallest absolute Gasteiger partial charge is 0.379 e. The molecule has 0 rings (SSSR count). The Bertz CT molecular complexity index is 183. The van der Waals surface area contributed by atoms with Gasteiger partial charge in [0.1, 0.15) is 5.57 Å². The molecule has 0 saturated heterocycles. The molecule has 0 aliphatic carbocycles. The summed E-state index contributed by atoms with van der Waals surface area (Å²) in [5, 5.41) is 8.20. The van der Waals surface area contributed by atoms with Crippen molar-refractivity contribution in [3.05, 3.63) is 12.2 Å². The Morgan fingerprint density at radius 3 is 2.45 bits per heavy atom. The minimum atomic E-state index is -1.42. The summed E-state index contributed by atoms with van der Waals surface area (Å²) in [6, 6.07) is 0. The number of hydrogen-bond acceptors (Lipinski definition) is 4. The third-order valence-electron chi connectivity index (χ3n) is 0.757. The maximum atomic E-state index is 10.5. The van der Waals surface area contributed by atoms with Gasteiger partial charge in [0, 0.05) is 0 Å². The molecule has 0 saturated carbocycles. The fourth-order valence-electron chi connectivity index (χ4n) is 0.250. The van der Waals surface area contributed by atoms with E-state index < -0.39 is 17.5 Å². The Morgan fingerprint density at radius 2 is 2.09 bits per heavy atom. The standard InChI is InChI=1S/C6H8O5/c1-3-10-11-6(9)4(2)5(7)8/h2-3H2,1H3,(H,7,8). The van der Waals surface area contributed by atoms with Crippen molar-refractivity contribution in [2.45, 2.75) is 6.92 Å². The SMILES string of the molecule is C=C(C(=O)O)C(=O)OOCC. The lowest BCUT2D eigenvalue weighted by Gasteiger charge is -1.99. The van der Waals surface area contributed by atoms with E-state index >= 15 is 0 Å². The zero-order valence-electron chi connectivity index (χ0n) is 5.99. The maximum absolute atomic E-state index is 10.5. The van der Waals surface area contributed by atoms with E-state index in [-0.39, 0.29) is 6.61 Å². The van der Waals surface area contributed by atoms with Gasteiger partial charge in [-0.15, -0.1) is 0 Å². The molecule has 0 atom stereocenters. The van der Waals surface area contributed by atoms with E-state index in [2.05, 4.69) is 16.4 Å². The summed E-state index contributed by atoms with van der Waals surface area (Å²) < 4.78 is 0. The molecule has 0 aliphatic heterocycles. The normalized spacial score (nSPS) is 8.82. The van der Waals surface area contributed by atoms with Gasteiger partial charge in [-0.1, -0.05) is 6.58 Å². The average Bonchev–Trinajstić information content (AvgIpc) is 1.98. The van der Waals surface area contributed by atoms with Gasteiger partial charge in [0.2, 0.25) is 0 Å². The van der Waals surface area contributed by atoms with Gasteiger partial charge in [0.15, 0.2) is 0 Å². The third-order valence-corrected chi connectivity index (χ3v) is 0.757. The van der Waals surface area contributed by atoms with Crippen molar-refractivity contribution < 1.29 is 24.5 Å². The average molecular weight is 160 g/mol. The molecular weight excluding hydrogens is 152 g/mol. The van der Waals surface area contributed by atoms with Crippen LogP contribution in [0.5, 0.6) is 0 Å². The molecule has 0 aromatic heterocycles. The van der Waals surface area contributed by atoms with Gasteiger partial charge in [-0.3, -0.25) is 4.89 Å². The lowest BCUT2D eigenvalue weighted by molar-refractivity contribution is -0.265. The summed E-state index contributed by atoms with van der Waals surface area (Å²) in [5.74, 6) is -2.51. The van der Waals surface area contributed by atoms with Gasteiger partial charge in [-0.05, 0) is 6.92 Å². The number of carboxylic acid groups (broad SMARTS) is 1. The van der Waals surface area contributed by atoms with E-state index in [4.69, 9.17) is 5.11 Å². The van der Waals surface area contributed by atoms with Gasteiger partial charge in [-0.2, -0.15) is 4.89 Å². The first kappa shape index (κ1) is 9.64. The van der Waals surface area contributed by atoms with Crippen LogP contribution in [0.3, 0.4) is 0 Å². The van der Waals surface area contributed by atoms with Gasteiger partial charge in [0.25, 0.3) is 0 Å². The molecule has 0 heterocycles. The van der Waals surface area contributed by atoms with Crippen LogP contribution in [0.1, 0.15) is 6.92 Å². The van der Waals surface area contributed by atoms with Crippen LogP contribution in [0.2, 0.25) is 0 Å². The zero-order chi connectivity index (χ0) is 8.85. The maximum Gasteiger partial charge on any atom is 0.379 e. The summed E-state index contributed by atoms with van der Waals surface area (Å²) >= 11 is 0. The summed E-state index contributed by atoms with van der Waals surface area (Å²) in [6.07, 6.45) is 0. The molecule has 0 spiro atoms. The van der Waals surface area contributed by atoms with Crippen LogP contribution in [-0.4, -0.2) is 23.7 Å². The topological polar surface area (TPSA) is 72.8 Å². The Kier molecular flexibility index (Phi) is 3.90. The second-order valence-corrected chi connectivity index (χ2v) is 1.56. The molecule has 0 aromatic carbocycles. The quantitative estimate of drug-likeness (QED) is 0.208. The van der Waals surface area contributed by atoms with Crippen LogP contribution in [0.25, 0.3) is 0 Å². The molecule has 0 unspecified atom stereocenters. The Morgan fingerprint density at radius 1 is 1.55 bits per heavy atom. The van der Waals surface area contributed by atoms with Crippen LogP contribution < -0.4 is 0 Å². The number of carbonyl (C=O) groups is 2. The second kappa shape index (κ2) is 4.45. The van der Waals surface area contributed by atoms with Crippen molar-refractivity contribution in [1.82, 2.24) is 0 Å². The fourth-order valence-corrected chi connectivity index (χ4v) is 0.250. The highest BCUT2D eigenvalue weighted by Gasteiger charge is 2.16.